The van der Waals surface area contributed by atoms with Crippen LogP contribution in [0.15, 0.2) is 70.9 Å². The second-order valence-electron chi connectivity index (χ2n) is 7.03. The van der Waals surface area contributed by atoms with Crippen LogP contribution >= 0.6 is 0 Å². The molecule has 9 heteroatoms. The van der Waals surface area contributed by atoms with Gasteiger partial charge in [-0.3, -0.25) is 0 Å². The quantitative estimate of drug-likeness (QED) is 0.331. The maximum absolute atomic E-state index is 9.10. The van der Waals surface area contributed by atoms with Crippen molar-refractivity contribution in [2.45, 2.75) is 50.5 Å². The molecule has 1 fully saturated rings. The third-order valence-corrected chi connectivity index (χ3v) is 4.97. The molecule has 1 heterocycles. The van der Waals surface area contributed by atoms with Crippen LogP contribution in [0, 0.1) is 0 Å². The third kappa shape index (κ3) is 5.73. The number of ether oxygens (including phenoxy) is 3. The first kappa shape index (κ1) is 21.6. The lowest BCUT2D eigenvalue weighted by molar-refractivity contribution is -0.168. The maximum atomic E-state index is 9.10. The highest BCUT2D eigenvalue weighted by Gasteiger charge is 2.44. The first-order valence-corrected chi connectivity index (χ1v) is 9.74. The Labute approximate surface area is 174 Å². The van der Waals surface area contributed by atoms with Gasteiger partial charge in [0.15, 0.2) is 0 Å². The van der Waals surface area contributed by atoms with E-state index in [1.807, 2.05) is 67.6 Å². The van der Waals surface area contributed by atoms with Gasteiger partial charge < -0.3 is 14.2 Å². The Morgan fingerprint density at radius 2 is 1.43 bits per heavy atom. The van der Waals surface area contributed by atoms with Crippen molar-refractivity contribution in [3.05, 3.63) is 92.7 Å². The van der Waals surface area contributed by atoms with Gasteiger partial charge in [-0.25, -0.2) is 0 Å². The fraction of sp³-hybridized carbons (Fsp3) is 0.429. The van der Waals surface area contributed by atoms with E-state index in [0.29, 0.717) is 13.2 Å². The summed E-state index contributed by atoms with van der Waals surface area (Å²) in [5.74, 6) is 0. The summed E-state index contributed by atoms with van der Waals surface area (Å²) in [6.07, 6.45) is -1.48. The van der Waals surface area contributed by atoms with Crippen LogP contribution in [-0.2, 0) is 27.4 Å². The zero-order valence-electron chi connectivity index (χ0n) is 16.7. The van der Waals surface area contributed by atoms with Gasteiger partial charge in [0.1, 0.15) is 0 Å². The van der Waals surface area contributed by atoms with Gasteiger partial charge in [-0.1, -0.05) is 70.9 Å². The Morgan fingerprint density at radius 1 is 0.867 bits per heavy atom. The van der Waals surface area contributed by atoms with Crippen LogP contribution in [0.1, 0.15) is 18.1 Å². The molecular weight excluding hydrogens is 384 g/mol. The Kier molecular flexibility index (Phi) is 8.09. The summed E-state index contributed by atoms with van der Waals surface area (Å²) in [5, 5.41) is 7.76. The van der Waals surface area contributed by atoms with Gasteiger partial charge in [0, 0.05) is 9.82 Å². The van der Waals surface area contributed by atoms with E-state index in [9.17, 15) is 0 Å². The summed E-state index contributed by atoms with van der Waals surface area (Å²) in [6.45, 7) is 2.78. The van der Waals surface area contributed by atoms with E-state index >= 15 is 0 Å². The molecule has 0 N–H and O–H groups in total. The predicted molar refractivity (Wildman–Crippen MR) is 111 cm³/mol. The van der Waals surface area contributed by atoms with Crippen molar-refractivity contribution in [3.63, 3.8) is 0 Å². The average Bonchev–Trinajstić information content (AvgIpc) is 2.77. The monoisotopic (exact) mass is 408 g/mol. The number of nitrogens with zero attached hydrogens (tertiary/aromatic N) is 6. The molecule has 0 bridgehead atoms. The zero-order valence-corrected chi connectivity index (χ0v) is 16.7. The lowest BCUT2D eigenvalue weighted by Gasteiger charge is -2.42. The molecule has 0 aliphatic carbocycles. The van der Waals surface area contributed by atoms with E-state index in [1.54, 1.807) is 0 Å². The molecule has 1 saturated heterocycles. The van der Waals surface area contributed by atoms with Gasteiger partial charge in [0.2, 0.25) is 0 Å². The molecule has 2 aromatic carbocycles. The molecule has 1 aliphatic heterocycles. The highest BCUT2D eigenvalue weighted by atomic mass is 16.6. The second-order valence-corrected chi connectivity index (χ2v) is 7.03. The third-order valence-electron chi connectivity index (χ3n) is 4.97. The van der Waals surface area contributed by atoms with Crippen molar-refractivity contribution in [2.75, 3.05) is 6.61 Å². The van der Waals surface area contributed by atoms with Crippen LogP contribution in [0.4, 0.5) is 0 Å². The Hall–Kier alpha value is -3.06. The smallest absolute Gasteiger partial charge is 0.0928 e. The fourth-order valence-electron chi connectivity index (χ4n) is 3.53. The van der Waals surface area contributed by atoms with Crippen molar-refractivity contribution in [1.29, 1.82) is 0 Å². The first-order chi connectivity index (χ1) is 14.7. The van der Waals surface area contributed by atoms with Gasteiger partial charge >= 0.3 is 0 Å². The molecule has 30 heavy (non-hydrogen) atoms. The summed E-state index contributed by atoms with van der Waals surface area (Å²) < 4.78 is 17.9. The van der Waals surface area contributed by atoms with Crippen molar-refractivity contribution in [1.82, 2.24) is 0 Å². The largest absolute Gasteiger partial charge is 0.374 e. The van der Waals surface area contributed by atoms with Gasteiger partial charge in [-0.05, 0) is 29.1 Å². The minimum absolute atomic E-state index is 0.200. The number of rotatable bonds is 9. The van der Waals surface area contributed by atoms with Crippen molar-refractivity contribution in [2.24, 2.45) is 10.2 Å². The Balaban J connectivity index is 1.70. The topological polar surface area (TPSA) is 125 Å². The second kappa shape index (κ2) is 11.2. The van der Waals surface area contributed by atoms with Crippen LogP contribution in [0.5, 0.6) is 0 Å². The SMILES string of the molecule is C[C@@H]1O[C@H](COCc2ccccc2)[C@@H](N=[N+]=[N-])[C@H](N=[N+]=[N-])[C@H]1OCc1ccccc1. The van der Waals surface area contributed by atoms with E-state index in [-0.39, 0.29) is 12.7 Å². The Bertz CT molecular complexity index is 884. The van der Waals surface area contributed by atoms with E-state index in [2.05, 4.69) is 20.1 Å². The highest BCUT2D eigenvalue weighted by Crippen LogP contribution is 2.29. The zero-order chi connectivity index (χ0) is 21.2. The Morgan fingerprint density at radius 3 is 2.03 bits per heavy atom. The summed E-state index contributed by atoms with van der Waals surface area (Å²) in [4.78, 5) is 5.90. The first-order valence-electron chi connectivity index (χ1n) is 9.74. The van der Waals surface area contributed by atoms with Gasteiger partial charge in [0.05, 0.1) is 50.2 Å². The summed E-state index contributed by atoms with van der Waals surface area (Å²) in [6, 6.07) is 18.0. The average molecular weight is 408 g/mol. The minimum Gasteiger partial charge on any atom is -0.374 e. The lowest BCUT2D eigenvalue weighted by atomic mass is 9.92. The van der Waals surface area contributed by atoms with E-state index in [4.69, 9.17) is 25.3 Å². The molecule has 0 unspecified atom stereocenters. The number of azide groups is 2. The van der Waals surface area contributed by atoms with E-state index < -0.39 is 24.3 Å². The normalized spacial score (nSPS) is 25.7. The molecule has 2 aromatic rings. The minimum atomic E-state index is -0.737. The van der Waals surface area contributed by atoms with Gasteiger partial charge in [0.25, 0.3) is 0 Å². The van der Waals surface area contributed by atoms with Crippen molar-refractivity contribution < 1.29 is 14.2 Å². The molecule has 9 nitrogen and oxygen atoms in total. The van der Waals surface area contributed by atoms with Crippen LogP contribution in [-0.4, -0.2) is 37.0 Å². The summed E-state index contributed by atoms with van der Waals surface area (Å²) in [5.41, 5.74) is 20.2. The molecule has 0 amide bonds. The van der Waals surface area contributed by atoms with Crippen LogP contribution in [0.2, 0.25) is 0 Å². The summed E-state index contributed by atoms with van der Waals surface area (Å²) in [7, 11) is 0. The molecule has 0 aromatic heterocycles. The van der Waals surface area contributed by atoms with E-state index in [1.165, 1.54) is 0 Å². The molecule has 156 valence electrons. The number of hydrogen-bond donors (Lipinski definition) is 0. The predicted octanol–water partition coefficient (Wildman–Crippen LogP) is 4.93. The van der Waals surface area contributed by atoms with Crippen LogP contribution in [0.25, 0.3) is 20.9 Å². The summed E-state index contributed by atoms with van der Waals surface area (Å²) >= 11 is 0. The number of benzene rings is 2. The van der Waals surface area contributed by atoms with Crippen LogP contribution in [0.3, 0.4) is 0 Å². The van der Waals surface area contributed by atoms with Crippen molar-refractivity contribution in [3.8, 4) is 0 Å². The lowest BCUT2D eigenvalue weighted by Crippen LogP contribution is -2.57. The van der Waals surface area contributed by atoms with Crippen LogP contribution < -0.4 is 0 Å². The molecule has 3 rings (SSSR count). The fourth-order valence-corrected chi connectivity index (χ4v) is 3.53. The van der Waals surface area contributed by atoms with Gasteiger partial charge in [-0.15, -0.1) is 0 Å². The molecule has 0 radical (unpaired) electrons. The van der Waals surface area contributed by atoms with E-state index in [0.717, 1.165) is 11.1 Å². The molecular formula is C21H24N6O3. The molecule has 0 saturated carbocycles. The van der Waals surface area contributed by atoms with Gasteiger partial charge in [-0.2, -0.15) is 0 Å². The molecule has 5 atom stereocenters. The highest BCUT2D eigenvalue weighted by molar-refractivity contribution is 5.14. The molecule has 0 spiro atoms. The number of hydrogen-bond acceptors (Lipinski definition) is 5. The maximum Gasteiger partial charge on any atom is 0.0928 e. The molecule has 1 aliphatic rings. The standard InChI is InChI=1S/C21H24N6O3/c1-15-21(29-13-17-10-6-3-7-11-17)20(25-27-23)19(24-26-22)18(30-15)14-28-12-16-8-4-2-5-9-16/h2-11,15,18-21H,12-14H2,1H3/t15-,18+,19+,20-,21-/m0/s1. The van der Waals surface area contributed by atoms with Crippen molar-refractivity contribution >= 4 is 0 Å².